The van der Waals surface area contributed by atoms with Crippen molar-refractivity contribution < 1.29 is 0 Å². The highest BCUT2D eigenvalue weighted by atomic mass is 15.5. The van der Waals surface area contributed by atoms with Gasteiger partial charge in [-0.25, -0.2) is 0 Å². The Bertz CT molecular complexity index is 671. The highest BCUT2D eigenvalue weighted by Gasteiger charge is 2.36. The van der Waals surface area contributed by atoms with E-state index in [0.717, 1.165) is 6.67 Å². The van der Waals surface area contributed by atoms with Crippen LogP contribution in [0.2, 0.25) is 0 Å². The fourth-order valence-corrected chi connectivity index (χ4v) is 3.56. The van der Waals surface area contributed by atoms with Crippen LogP contribution in [-0.2, 0) is 0 Å². The predicted octanol–water partition coefficient (Wildman–Crippen LogP) is 2.34. The average molecular weight is 310 g/mol. The number of rotatable bonds is 2. The lowest BCUT2D eigenvalue weighted by atomic mass is 10.3. The van der Waals surface area contributed by atoms with Gasteiger partial charge < -0.3 is 19.6 Å². The van der Waals surface area contributed by atoms with Crippen LogP contribution in [0.4, 0.5) is 22.7 Å². The summed E-state index contributed by atoms with van der Waals surface area (Å²) >= 11 is 0. The van der Waals surface area contributed by atoms with Crippen molar-refractivity contribution in [1.82, 2.24) is 9.97 Å². The van der Waals surface area contributed by atoms with Gasteiger partial charge in [0.2, 0.25) is 0 Å². The largest absolute Gasteiger partial charge is 0.352 e. The maximum atomic E-state index is 4.27. The van der Waals surface area contributed by atoms with Crippen LogP contribution in [0, 0.1) is 0 Å². The zero-order chi connectivity index (χ0) is 16.1. The number of hydrogen-bond donors (Lipinski definition) is 0. The van der Waals surface area contributed by atoms with Crippen molar-refractivity contribution in [2.24, 2.45) is 0 Å². The molecule has 2 aromatic heterocycles. The quantitative estimate of drug-likeness (QED) is 0.848. The molecule has 0 saturated carbocycles. The van der Waals surface area contributed by atoms with E-state index in [0.29, 0.717) is 12.3 Å². The Morgan fingerprint density at radius 3 is 1.65 bits per heavy atom. The zero-order valence-corrected chi connectivity index (χ0v) is 14.0. The van der Waals surface area contributed by atoms with Crippen molar-refractivity contribution >= 4 is 22.7 Å². The van der Waals surface area contributed by atoms with E-state index in [9.17, 15) is 0 Å². The molecule has 0 saturated heterocycles. The van der Waals surface area contributed by atoms with Crippen LogP contribution in [0.1, 0.15) is 13.8 Å². The number of fused-ring (bicyclic) bond motifs is 2. The Hall–Kier alpha value is -2.50. The van der Waals surface area contributed by atoms with E-state index in [1.54, 1.807) is 0 Å². The van der Waals surface area contributed by atoms with Gasteiger partial charge in [0.05, 0.1) is 41.8 Å². The molecule has 0 unspecified atom stereocenters. The van der Waals surface area contributed by atoms with Crippen molar-refractivity contribution in [3.63, 3.8) is 0 Å². The molecule has 0 amide bonds. The predicted molar refractivity (Wildman–Crippen MR) is 94.0 cm³/mol. The molecule has 6 heteroatoms. The van der Waals surface area contributed by atoms with Gasteiger partial charge in [0.1, 0.15) is 12.3 Å². The molecule has 0 spiro atoms. The Balaban J connectivity index is 1.69. The lowest BCUT2D eigenvalue weighted by Gasteiger charge is -2.35. The molecule has 0 radical (unpaired) electrons. The smallest absolute Gasteiger partial charge is 0.100 e. The molecule has 2 atom stereocenters. The van der Waals surface area contributed by atoms with E-state index in [2.05, 4.69) is 69.6 Å². The lowest BCUT2D eigenvalue weighted by Crippen LogP contribution is -2.49. The maximum Gasteiger partial charge on any atom is 0.100 e. The Labute approximate surface area is 137 Å². The minimum Gasteiger partial charge on any atom is -0.352 e. The number of aromatic nitrogens is 2. The second kappa shape index (κ2) is 5.01. The molecule has 2 aliphatic heterocycles. The first-order valence-electron chi connectivity index (χ1n) is 7.96. The highest BCUT2D eigenvalue weighted by molar-refractivity contribution is 5.79. The van der Waals surface area contributed by atoms with E-state index < -0.39 is 0 Å². The van der Waals surface area contributed by atoms with Crippen LogP contribution in [-0.4, -0.2) is 43.1 Å². The first-order valence-corrected chi connectivity index (χ1v) is 7.96. The molecule has 0 N–H and O–H groups in total. The second-order valence-corrected chi connectivity index (χ2v) is 6.30. The minimum absolute atomic E-state index is 0.303. The van der Waals surface area contributed by atoms with E-state index >= 15 is 0 Å². The van der Waals surface area contributed by atoms with Gasteiger partial charge in [-0.15, -0.1) is 0 Å². The number of hydrogen-bond acceptors (Lipinski definition) is 6. The summed E-state index contributed by atoms with van der Waals surface area (Å²) in [5.41, 5.74) is 4.87. The summed E-state index contributed by atoms with van der Waals surface area (Å²) in [7, 11) is 4.26. The molecule has 23 heavy (non-hydrogen) atoms. The molecule has 0 fully saturated rings. The maximum absolute atomic E-state index is 4.27. The van der Waals surface area contributed by atoms with E-state index in [1.165, 1.54) is 22.7 Å². The molecule has 4 rings (SSSR count). The first kappa shape index (κ1) is 14.1. The third kappa shape index (κ3) is 1.94. The summed E-state index contributed by atoms with van der Waals surface area (Å²) in [6.07, 6.45) is 8.24. The SMILES string of the molecule is C[C@@H]1N(C)c2cnccc2N1CN1c2ccncc2N(C)[C@@H]1C. The van der Waals surface area contributed by atoms with E-state index in [1.807, 2.05) is 24.8 Å². The summed E-state index contributed by atoms with van der Waals surface area (Å²) in [5, 5.41) is 0. The van der Waals surface area contributed by atoms with Crippen LogP contribution in [0.3, 0.4) is 0 Å². The van der Waals surface area contributed by atoms with Gasteiger partial charge >= 0.3 is 0 Å². The second-order valence-electron chi connectivity index (χ2n) is 6.30. The van der Waals surface area contributed by atoms with Crippen molar-refractivity contribution in [3.05, 3.63) is 36.9 Å². The van der Waals surface area contributed by atoms with Crippen LogP contribution >= 0.6 is 0 Å². The summed E-state index contributed by atoms with van der Waals surface area (Å²) in [6.45, 7) is 5.31. The molecular weight excluding hydrogens is 288 g/mol. The number of pyridine rings is 2. The zero-order valence-electron chi connectivity index (χ0n) is 14.0. The molecular formula is C17H22N6. The normalized spacial score (nSPS) is 22.6. The molecule has 120 valence electrons. The highest BCUT2D eigenvalue weighted by Crippen LogP contribution is 2.41. The Morgan fingerprint density at radius 2 is 1.22 bits per heavy atom. The standard InChI is InChI=1S/C17H22N6/c1-12-20(3)16-9-18-7-5-14(16)22(12)11-23-13(2)21(4)17-10-19-8-6-15(17)23/h5-10,12-13H,11H2,1-4H3/t12-,13+. The van der Waals surface area contributed by atoms with Crippen molar-refractivity contribution in [1.29, 1.82) is 0 Å². The molecule has 0 aromatic carbocycles. The molecule has 6 nitrogen and oxygen atoms in total. The van der Waals surface area contributed by atoms with Gasteiger partial charge in [0.25, 0.3) is 0 Å². The summed E-state index contributed by atoms with van der Waals surface area (Å²) in [4.78, 5) is 18.0. The van der Waals surface area contributed by atoms with Gasteiger partial charge in [-0.3, -0.25) is 9.97 Å². The third-order valence-corrected chi connectivity index (χ3v) is 5.26. The van der Waals surface area contributed by atoms with Crippen LogP contribution in [0.25, 0.3) is 0 Å². The molecule has 2 aromatic rings. The number of nitrogens with zero attached hydrogens (tertiary/aromatic N) is 6. The monoisotopic (exact) mass is 310 g/mol. The van der Waals surface area contributed by atoms with Crippen LogP contribution in [0.15, 0.2) is 36.9 Å². The molecule has 4 heterocycles. The Morgan fingerprint density at radius 1 is 0.783 bits per heavy atom. The third-order valence-electron chi connectivity index (χ3n) is 5.26. The van der Waals surface area contributed by atoms with Gasteiger partial charge in [0.15, 0.2) is 0 Å². The van der Waals surface area contributed by atoms with Gasteiger partial charge in [-0.2, -0.15) is 0 Å². The fourth-order valence-electron chi connectivity index (χ4n) is 3.56. The molecule has 2 aliphatic rings. The van der Waals surface area contributed by atoms with E-state index in [4.69, 9.17) is 0 Å². The fraction of sp³-hybridized carbons (Fsp3) is 0.412. The first-order chi connectivity index (χ1) is 11.1. The summed E-state index contributed by atoms with van der Waals surface area (Å²) in [6, 6.07) is 4.21. The topological polar surface area (TPSA) is 38.7 Å². The van der Waals surface area contributed by atoms with Crippen molar-refractivity contribution in [2.75, 3.05) is 40.4 Å². The lowest BCUT2D eigenvalue weighted by molar-refractivity contribution is 0.593. The van der Waals surface area contributed by atoms with E-state index in [-0.39, 0.29) is 0 Å². The average Bonchev–Trinajstić information content (AvgIpc) is 2.97. The molecule has 0 aliphatic carbocycles. The summed E-state index contributed by atoms with van der Waals surface area (Å²) < 4.78 is 0. The molecule has 0 bridgehead atoms. The van der Waals surface area contributed by atoms with Crippen molar-refractivity contribution in [2.45, 2.75) is 26.2 Å². The number of anilines is 4. The summed E-state index contributed by atoms with van der Waals surface area (Å²) in [5.74, 6) is 0. The minimum atomic E-state index is 0.303. The van der Waals surface area contributed by atoms with Gasteiger partial charge in [0, 0.05) is 26.5 Å². The van der Waals surface area contributed by atoms with Crippen molar-refractivity contribution in [3.8, 4) is 0 Å². The van der Waals surface area contributed by atoms with Crippen LogP contribution in [0.5, 0.6) is 0 Å². The van der Waals surface area contributed by atoms with Gasteiger partial charge in [-0.1, -0.05) is 0 Å². The van der Waals surface area contributed by atoms with Gasteiger partial charge in [-0.05, 0) is 26.0 Å². The Kier molecular flexibility index (Phi) is 3.07. The van der Waals surface area contributed by atoms with Crippen LogP contribution < -0.4 is 19.6 Å².